The van der Waals surface area contributed by atoms with Crippen LogP contribution in [0.1, 0.15) is 18.5 Å². The number of rotatable bonds is 3. The van der Waals surface area contributed by atoms with Crippen LogP contribution in [0.2, 0.25) is 0 Å². The first-order valence-corrected chi connectivity index (χ1v) is 9.46. The highest BCUT2D eigenvalue weighted by atomic mass is 79.9. The van der Waals surface area contributed by atoms with Crippen molar-refractivity contribution in [2.45, 2.75) is 24.3 Å². The summed E-state index contributed by atoms with van der Waals surface area (Å²) in [5.74, 6) is 0.828. The minimum absolute atomic E-state index is 0. The Morgan fingerprint density at radius 2 is 1.90 bits per heavy atom. The van der Waals surface area contributed by atoms with Crippen LogP contribution in [0.3, 0.4) is 0 Å². The minimum atomic E-state index is -4.44. The Kier molecular flexibility index (Phi) is 5.77. The molecule has 2 aromatic carbocycles. The maximum absolute atomic E-state index is 13.2. The SMILES string of the molecule is Br.CC1CSc2n(-c3cccc(C(F)(F)F)c3)c(-c3ccc([N+](=O)[O-])cc3)c[n+]21. The standard InChI is InChI=1S/C19H15F3N3O2S.BrH/c1-12-11-28-18-23(12)10-17(13-5-7-15(8-6-13)25(26)27)24(18)16-4-2-3-14(9-16)19(20,21)22;/h2-10,12H,11H2,1H3;1H/q+1;. The van der Waals surface area contributed by atoms with Gasteiger partial charge in [-0.05, 0) is 49.0 Å². The Bertz CT molecular complexity index is 1070. The highest BCUT2D eigenvalue weighted by Gasteiger charge is 2.36. The number of alkyl halides is 3. The van der Waals surface area contributed by atoms with Crippen LogP contribution >= 0.6 is 28.7 Å². The Hall–Kier alpha value is -2.33. The lowest BCUT2D eigenvalue weighted by atomic mass is 10.1. The third-order valence-electron chi connectivity index (χ3n) is 4.65. The molecule has 29 heavy (non-hydrogen) atoms. The van der Waals surface area contributed by atoms with Crippen LogP contribution in [0.4, 0.5) is 18.9 Å². The molecule has 0 saturated carbocycles. The van der Waals surface area contributed by atoms with Crippen molar-refractivity contribution in [3.8, 4) is 16.9 Å². The molecule has 1 aliphatic rings. The van der Waals surface area contributed by atoms with Crippen LogP contribution in [-0.2, 0) is 6.18 Å². The van der Waals surface area contributed by atoms with Crippen LogP contribution in [-0.4, -0.2) is 15.2 Å². The zero-order chi connectivity index (χ0) is 20.1. The lowest BCUT2D eigenvalue weighted by Crippen LogP contribution is -2.34. The average Bonchev–Trinajstić information content (AvgIpc) is 3.21. The summed E-state index contributed by atoms with van der Waals surface area (Å²) in [5.41, 5.74) is 1.02. The summed E-state index contributed by atoms with van der Waals surface area (Å²) in [7, 11) is 0. The number of fused-ring (bicyclic) bond motifs is 1. The summed E-state index contributed by atoms with van der Waals surface area (Å²) in [6, 6.07) is 11.4. The molecule has 1 aromatic heterocycles. The fraction of sp³-hybridized carbons (Fsp3) is 0.211. The molecule has 2 heterocycles. The molecule has 0 spiro atoms. The third kappa shape index (κ3) is 3.91. The number of nitro groups is 1. The molecule has 5 nitrogen and oxygen atoms in total. The number of thioether (sulfide) groups is 1. The molecule has 0 fully saturated rings. The van der Waals surface area contributed by atoms with E-state index in [1.54, 1.807) is 34.5 Å². The first-order valence-electron chi connectivity index (χ1n) is 8.48. The number of benzene rings is 2. The van der Waals surface area contributed by atoms with Crippen LogP contribution in [0.15, 0.2) is 59.9 Å². The molecule has 0 amide bonds. The normalized spacial score (nSPS) is 15.7. The molecule has 0 saturated heterocycles. The highest BCUT2D eigenvalue weighted by Crippen LogP contribution is 2.37. The monoisotopic (exact) mass is 486 g/mol. The van der Waals surface area contributed by atoms with Gasteiger partial charge in [0, 0.05) is 23.4 Å². The number of hydrogen-bond donors (Lipinski definition) is 0. The van der Waals surface area contributed by atoms with Gasteiger partial charge in [-0.15, -0.1) is 17.0 Å². The van der Waals surface area contributed by atoms with Crippen LogP contribution < -0.4 is 4.57 Å². The summed E-state index contributed by atoms with van der Waals surface area (Å²) in [6.07, 6.45) is -2.55. The van der Waals surface area contributed by atoms with Gasteiger partial charge in [-0.1, -0.05) is 6.07 Å². The van der Waals surface area contributed by atoms with Crippen molar-refractivity contribution in [3.05, 3.63) is 70.4 Å². The van der Waals surface area contributed by atoms with Crippen molar-refractivity contribution in [1.29, 1.82) is 0 Å². The van der Waals surface area contributed by atoms with Gasteiger partial charge in [0.05, 0.1) is 10.5 Å². The van der Waals surface area contributed by atoms with E-state index < -0.39 is 16.7 Å². The molecule has 0 bridgehead atoms. The second-order valence-electron chi connectivity index (χ2n) is 6.55. The van der Waals surface area contributed by atoms with E-state index >= 15 is 0 Å². The molecule has 10 heteroatoms. The van der Waals surface area contributed by atoms with Gasteiger partial charge in [-0.3, -0.25) is 10.1 Å². The zero-order valence-corrected chi connectivity index (χ0v) is 17.6. The smallest absolute Gasteiger partial charge is 0.258 e. The summed E-state index contributed by atoms with van der Waals surface area (Å²) < 4.78 is 43.4. The number of hydrogen-bond acceptors (Lipinski definition) is 3. The maximum atomic E-state index is 13.2. The predicted molar refractivity (Wildman–Crippen MR) is 109 cm³/mol. The van der Waals surface area contributed by atoms with Gasteiger partial charge in [0.2, 0.25) is 0 Å². The first-order chi connectivity index (χ1) is 13.3. The van der Waals surface area contributed by atoms with Gasteiger partial charge in [-0.2, -0.15) is 17.7 Å². The van der Waals surface area contributed by atoms with Crippen molar-refractivity contribution in [2.75, 3.05) is 5.75 Å². The maximum Gasteiger partial charge on any atom is 0.416 e. The number of imidazole rings is 1. The van der Waals surface area contributed by atoms with E-state index in [1.807, 2.05) is 17.7 Å². The van der Waals surface area contributed by atoms with Gasteiger partial charge in [0.25, 0.3) is 5.69 Å². The topological polar surface area (TPSA) is 51.9 Å². The van der Waals surface area contributed by atoms with Crippen molar-refractivity contribution in [2.24, 2.45) is 0 Å². The van der Waals surface area contributed by atoms with E-state index in [2.05, 4.69) is 0 Å². The third-order valence-corrected chi connectivity index (χ3v) is 5.95. The van der Waals surface area contributed by atoms with Crippen LogP contribution in [0.25, 0.3) is 16.9 Å². The largest absolute Gasteiger partial charge is 0.416 e. The number of halogens is 4. The van der Waals surface area contributed by atoms with Crippen LogP contribution in [0.5, 0.6) is 0 Å². The fourth-order valence-corrected chi connectivity index (χ4v) is 4.49. The van der Waals surface area contributed by atoms with E-state index in [4.69, 9.17) is 0 Å². The molecular formula is C19H16BrF3N3O2S+. The van der Waals surface area contributed by atoms with Gasteiger partial charge < -0.3 is 0 Å². The number of nitro benzene ring substituents is 1. The van der Waals surface area contributed by atoms with Gasteiger partial charge in [0.15, 0.2) is 5.69 Å². The van der Waals surface area contributed by atoms with Gasteiger partial charge in [0.1, 0.15) is 17.9 Å². The molecule has 0 N–H and O–H groups in total. The average molecular weight is 487 g/mol. The van der Waals surface area contributed by atoms with E-state index in [1.165, 1.54) is 18.2 Å². The summed E-state index contributed by atoms with van der Waals surface area (Å²) in [6.45, 7) is 2.04. The van der Waals surface area contributed by atoms with Crippen molar-refractivity contribution in [3.63, 3.8) is 0 Å². The van der Waals surface area contributed by atoms with Crippen molar-refractivity contribution >= 4 is 34.4 Å². The molecule has 0 aliphatic carbocycles. The molecule has 152 valence electrons. The van der Waals surface area contributed by atoms with Crippen LogP contribution in [0, 0.1) is 10.1 Å². The van der Waals surface area contributed by atoms with E-state index in [0.717, 1.165) is 23.0 Å². The van der Waals surface area contributed by atoms with Gasteiger partial charge >= 0.3 is 11.3 Å². The second kappa shape index (κ2) is 7.83. The lowest BCUT2D eigenvalue weighted by Gasteiger charge is -2.09. The molecule has 3 aromatic rings. The molecule has 0 radical (unpaired) electrons. The highest BCUT2D eigenvalue weighted by molar-refractivity contribution is 8.93. The van der Waals surface area contributed by atoms with Crippen molar-refractivity contribution < 1.29 is 22.7 Å². The Morgan fingerprint density at radius 3 is 2.52 bits per heavy atom. The second-order valence-corrected chi connectivity index (χ2v) is 7.54. The molecule has 4 rings (SSSR count). The summed E-state index contributed by atoms with van der Waals surface area (Å²) >= 11 is 1.57. The zero-order valence-electron chi connectivity index (χ0n) is 15.1. The summed E-state index contributed by atoms with van der Waals surface area (Å²) in [4.78, 5) is 10.4. The van der Waals surface area contributed by atoms with Crippen molar-refractivity contribution in [1.82, 2.24) is 4.57 Å². The predicted octanol–water partition coefficient (Wildman–Crippen LogP) is 5.60. The molecule has 1 unspecified atom stereocenters. The van der Waals surface area contributed by atoms with E-state index in [0.29, 0.717) is 16.9 Å². The Balaban J connectivity index is 0.00000240. The quantitative estimate of drug-likeness (QED) is 0.275. The first kappa shape index (κ1) is 21.4. The molecule has 1 aliphatic heterocycles. The van der Waals surface area contributed by atoms with E-state index in [-0.39, 0.29) is 28.7 Å². The molecular weight excluding hydrogens is 471 g/mol. The number of nitrogens with zero attached hydrogens (tertiary/aromatic N) is 3. The minimum Gasteiger partial charge on any atom is -0.258 e. The molecule has 1 atom stereocenters. The summed E-state index contributed by atoms with van der Waals surface area (Å²) in [5, 5.41) is 11.7. The number of aromatic nitrogens is 2. The van der Waals surface area contributed by atoms with E-state index in [9.17, 15) is 23.3 Å². The number of non-ortho nitro benzene ring substituents is 1. The fourth-order valence-electron chi connectivity index (χ4n) is 3.22. The Morgan fingerprint density at radius 1 is 1.21 bits per heavy atom. The van der Waals surface area contributed by atoms with Gasteiger partial charge in [-0.25, -0.2) is 4.57 Å². The Labute approximate surface area is 179 Å². The lowest BCUT2D eigenvalue weighted by molar-refractivity contribution is -0.744.